The van der Waals surface area contributed by atoms with E-state index in [0.29, 0.717) is 48.3 Å². The number of anilines is 1. The third-order valence-electron chi connectivity index (χ3n) is 8.13. The lowest BCUT2D eigenvalue weighted by atomic mass is 10.0. The maximum atomic E-state index is 12.9. The number of nitrogens with one attached hydrogen (secondary N) is 1. The lowest BCUT2D eigenvalue weighted by molar-refractivity contribution is 0.0854. The summed E-state index contributed by atoms with van der Waals surface area (Å²) in [5.74, 6) is 2.53. The van der Waals surface area contributed by atoms with E-state index in [2.05, 4.69) is 10.2 Å². The van der Waals surface area contributed by atoms with Crippen molar-refractivity contribution in [3.63, 3.8) is 0 Å². The van der Waals surface area contributed by atoms with Crippen molar-refractivity contribution >= 4 is 17.7 Å². The fourth-order valence-corrected chi connectivity index (χ4v) is 5.85. The zero-order valence-corrected chi connectivity index (χ0v) is 21.7. The Morgan fingerprint density at radius 1 is 1.28 bits per heavy atom. The third kappa shape index (κ3) is 5.55. The van der Waals surface area contributed by atoms with Crippen molar-refractivity contribution < 1.29 is 24.2 Å². The molecule has 200 valence electrons. The highest BCUT2D eigenvalue weighted by atomic mass is 16.5. The third-order valence-corrected chi connectivity index (χ3v) is 8.13. The standard InChI is InChI=1S/C23H32N4O4.C3H9NO/c1-13-9-16(21-15(20(13)24)5-8-31-21)22(28)25-10-17-18-11-27(12-19(17)18)14-3-6-26(7-4-14)23(29)30-2;1-3(5)2-4/h9,14,17-19H,3-8,10-12,24H2,1-2H3,(H,25,28);3,5H,2,4H2,1H3. The van der Waals surface area contributed by atoms with Gasteiger partial charge in [0.05, 0.1) is 25.4 Å². The van der Waals surface area contributed by atoms with Crippen molar-refractivity contribution in [1.82, 2.24) is 15.1 Å². The molecule has 10 nitrogen and oxygen atoms in total. The summed E-state index contributed by atoms with van der Waals surface area (Å²) in [6, 6.07) is 2.41. The fourth-order valence-electron chi connectivity index (χ4n) is 5.85. The Labute approximate surface area is 213 Å². The molecule has 2 saturated heterocycles. The minimum atomic E-state index is -0.338. The number of hydrogen-bond donors (Lipinski definition) is 4. The Morgan fingerprint density at radius 2 is 1.92 bits per heavy atom. The number of hydrogen-bond acceptors (Lipinski definition) is 8. The highest BCUT2D eigenvalue weighted by molar-refractivity contribution is 5.98. The lowest BCUT2D eigenvalue weighted by Gasteiger charge is -2.37. The topological polar surface area (TPSA) is 143 Å². The molecule has 0 aromatic heterocycles. The van der Waals surface area contributed by atoms with Crippen LogP contribution in [0.25, 0.3) is 0 Å². The first kappa shape index (κ1) is 26.5. The Hall–Kier alpha value is -2.56. The number of ether oxygens (including phenoxy) is 2. The molecule has 3 atom stereocenters. The Balaban J connectivity index is 0.000000556. The lowest BCUT2D eigenvalue weighted by Crippen LogP contribution is -2.47. The van der Waals surface area contributed by atoms with Gasteiger partial charge in [0.25, 0.3) is 5.91 Å². The van der Waals surface area contributed by atoms with E-state index in [9.17, 15) is 9.59 Å². The molecule has 6 N–H and O–H groups in total. The summed E-state index contributed by atoms with van der Waals surface area (Å²) < 4.78 is 10.5. The van der Waals surface area contributed by atoms with Gasteiger partial charge in [0, 0.05) is 63.0 Å². The molecule has 3 unspecified atom stereocenters. The number of amides is 2. The number of carbonyl (C=O) groups is 2. The number of aliphatic hydroxyl groups is 1. The molecule has 5 rings (SSSR count). The van der Waals surface area contributed by atoms with Crippen molar-refractivity contribution in [2.24, 2.45) is 23.5 Å². The molecule has 3 aliphatic heterocycles. The molecule has 0 radical (unpaired) electrons. The molecule has 4 aliphatic rings. The monoisotopic (exact) mass is 503 g/mol. The number of aryl methyl sites for hydroxylation is 1. The summed E-state index contributed by atoms with van der Waals surface area (Å²) in [6.45, 7) is 9.03. The van der Waals surface area contributed by atoms with Crippen LogP contribution in [0.5, 0.6) is 5.75 Å². The summed E-state index contributed by atoms with van der Waals surface area (Å²) in [6.07, 6.45) is 2.24. The summed E-state index contributed by atoms with van der Waals surface area (Å²) in [5, 5.41) is 11.4. The number of likely N-dealkylation sites (tertiary alicyclic amines) is 2. The molecule has 3 heterocycles. The van der Waals surface area contributed by atoms with Crippen LogP contribution in [0, 0.1) is 24.7 Å². The second-order valence-electron chi connectivity index (χ2n) is 10.5. The van der Waals surface area contributed by atoms with Gasteiger partial charge in [0.15, 0.2) is 0 Å². The Bertz CT molecular complexity index is 951. The molecule has 3 fully saturated rings. The molecule has 1 aromatic rings. The van der Waals surface area contributed by atoms with Crippen LogP contribution in [0.1, 0.15) is 41.3 Å². The average molecular weight is 504 g/mol. The van der Waals surface area contributed by atoms with E-state index in [0.717, 1.165) is 68.8 Å². The molecule has 1 aliphatic carbocycles. The zero-order chi connectivity index (χ0) is 26.0. The van der Waals surface area contributed by atoms with Crippen LogP contribution in [0.4, 0.5) is 10.5 Å². The van der Waals surface area contributed by atoms with Crippen molar-refractivity contribution in [2.45, 2.75) is 45.3 Å². The normalized spacial score (nSPS) is 25.7. The second kappa shape index (κ2) is 11.2. The summed E-state index contributed by atoms with van der Waals surface area (Å²) >= 11 is 0. The maximum absolute atomic E-state index is 12.9. The van der Waals surface area contributed by atoms with E-state index in [-0.39, 0.29) is 18.1 Å². The van der Waals surface area contributed by atoms with Crippen LogP contribution in [-0.2, 0) is 11.2 Å². The predicted molar refractivity (Wildman–Crippen MR) is 137 cm³/mol. The minimum absolute atomic E-state index is 0.0572. The number of nitrogen functional groups attached to an aromatic ring is 1. The summed E-state index contributed by atoms with van der Waals surface area (Å²) in [4.78, 5) is 28.9. The van der Waals surface area contributed by atoms with Gasteiger partial charge in [-0.2, -0.15) is 0 Å². The Kier molecular flexibility index (Phi) is 8.27. The number of rotatable bonds is 5. The first-order valence-corrected chi connectivity index (χ1v) is 13.0. The quantitative estimate of drug-likeness (QED) is 0.436. The highest BCUT2D eigenvalue weighted by Crippen LogP contribution is 2.52. The number of fused-ring (bicyclic) bond motifs is 2. The first-order valence-electron chi connectivity index (χ1n) is 13.0. The molecule has 1 saturated carbocycles. The van der Waals surface area contributed by atoms with Crippen LogP contribution >= 0.6 is 0 Å². The average Bonchev–Trinajstić information content (AvgIpc) is 3.24. The van der Waals surface area contributed by atoms with Gasteiger partial charge in [-0.05, 0) is 56.1 Å². The Morgan fingerprint density at radius 3 is 2.50 bits per heavy atom. The van der Waals surface area contributed by atoms with Gasteiger partial charge in [-0.25, -0.2) is 4.79 Å². The smallest absolute Gasteiger partial charge is 0.409 e. The molecule has 0 spiro atoms. The number of piperidine rings is 2. The van der Waals surface area contributed by atoms with E-state index in [4.69, 9.17) is 26.0 Å². The van der Waals surface area contributed by atoms with Crippen molar-refractivity contribution in [1.29, 1.82) is 0 Å². The van der Waals surface area contributed by atoms with Crippen molar-refractivity contribution in [3.05, 3.63) is 22.8 Å². The van der Waals surface area contributed by atoms with E-state index < -0.39 is 0 Å². The minimum Gasteiger partial charge on any atom is -0.492 e. The number of nitrogens with zero attached hydrogens (tertiary/aromatic N) is 2. The van der Waals surface area contributed by atoms with Crippen LogP contribution < -0.4 is 21.5 Å². The largest absolute Gasteiger partial charge is 0.492 e. The number of benzene rings is 1. The van der Waals surface area contributed by atoms with Gasteiger partial charge in [-0.15, -0.1) is 0 Å². The fraction of sp³-hybridized carbons (Fsp3) is 0.692. The number of methoxy groups -OCH3 is 1. The van der Waals surface area contributed by atoms with Crippen LogP contribution in [0.15, 0.2) is 6.07 Å². The van der Waals surface area contributed by atoms with Gasteiger partial charge in [-0.1, -0.05) is 0 Å². The SMILES string of the molecule is CC(O)CN.COC(=O)N1CCC(N2CC3C(CNC(=O)c4cc(C)c(N)c5c4OCC5)C3C2)CC1. The molecule has 0 bridgehead atoms. The molecule has 1 aromatic carbocycles. The molecule has 2 amide bonds. The van der Waals surface area contributed by atoms with Gasteiger partial charge in [-0.3, -0.25) is 9.69 Å². The first-order chi connectivity index (χ1) is 17.2. The van der Waals surface area contributed by atoms with E-state index >= 15 is 0 Å². The summed E-state index contributed by atoms with van der Waals surface area (Å²) in [7, 11) is 1.44. The summed E-state index contributed by atoms with van der Waals surface area (Å²) in [5.41, 5.74) is 14.4. The predicted octanol–water partition coefficient (Wildman–Crippen LogP) is 0.976. The van der Waals surface area contributed by atoms with Gasteiger partial charge in [0.2, 0.25) is 0 Å². The van der Waals surface area contributed by atoms with Gasteiger partial charge < -0.3 is 36.3 Å². The van der Waals surface area contributed by atoms with Gasteiger partial charge in [0.1, 0.15) is 5.75 Å². The van der Waals surface area contributed by atoms with Crippen LogP contribution in [0.2, 0.25) is 0 Å². The molecule has 10 heteroatoms. The van der Waals surface area contributed by atoms with Crippen molar-refractivity contribution in [2.75, 3.05) is 58.7 Å². The van der Waals surface area contributed by atoms with Crippen LogP contribution in [0.3, 0.4) is 0 Å². The van der Waals surface area contributed by atoms with Gasteiger partial charge >= 0.3 is 6.09 Å². The van der Waals surface area contributed by atoms with E-state index in [1.165, 1.54) is 7.11 Å². The van der Waals surface area contributed by atoms with Crippen LogP contribution in [-0.4, -0.2) is 92.0 Å². The van der Waals surface area contributed by atoms with Crippen molar-refractivity contribution in [3.8, 4) is 5.75 Å². The van der Waals surface area contributed by atoms with E-state index in [1.54, 1.807) is 11.8 Å². The molecular weight excluding hydrogens is 462 g/mol. The second-order valence-corrected chi connectivity index (χ2v) is 10.5. The molecular formula is C26H41N5O5. The maximum Gasteiger partial charge on any atom is 0.409 e. The number of carbonyl (C=O) groups excluding carboxylic acids is 2. The number of nitrogens with two attached hydrogens (primary N) is 2. The van der Waals surface area contributed by atoms with E-state index in [1.807, 2.05) is 13.0 Å². The highest BCUT2D eigenvalue weighted by Gasteiger charge is 2.56. The molecule has 36 heavy (non-hydrogen) atoms. The number of aliphatic hydroxyl groups excluding tert-OH is 1. The zero-order valence-electron chi connectivity index (χ0n) is 21.7.